The number of carboxylic acids is 1. The SMILES string of the molecule is CONC1CN(c2cc(OC)c3c(=O)c(C(=O)O)cn(-c4nccs4)c3n2)C1. The zero-order valence-electron chi connectivity index (χ0n) is 15.1. The zero-order valence-corrected chi connectivity index (χ0v) is 15.9. The van der Waals surface area contributed by atoms with Gasteiger partial charge in [-0.25, -0.2) is 14.8 Å². The number of rotatable bonds is 6. The van der Waals surface area contributed by atoms with Crippen LogP contribution in [0, 0.1) is 0 Å². The summed E-state index contributed by atoms with van der Waals surface area (Å²) in [6.07, 6.45) is 2.86. The van der Waals surface area contributed by atoms with E-state index in [0.717, 1.165) is 0 Å². The second kappa shape index (κ2) is 7.19. The molecule has 0 radical (unpaired) electrons. The van der Waals surface area contributed by atoms with Gasteiger partial charge >= 0.3 is 5.97 Å². The fourth-order valence-corrected chi connectivity index (χ4v) is 3.75. The summed E-state index contributed by atoms with van der Waals surface area (Å²) in [6.45, 7) is 1.34. The third-order valence-electron chi connectivity index (χ3n) is 4.47. The highest BCUT2D eigenvalue weighted by atomic mass is 32.1. The molecule has 1 aliphatic heterocycles. The smallest absolute Gasteiger partial charge is 0.341 e. The maximum Gasteiger partial charge on any atom is 0.341 e. The van der Waals surface area contributed by atoms with Gasteiger partial charge in [-0.1, -0.05) is 0 Å². The summed E-state index contributed by atoms with van der Waals surface area (Å²) in [5.74, 6) is -0.438. The maximum absolute atomic E-state index is 12.8. The van der Waals surface area contributed by atoms with Gasteiger partial charge in [-0.2, -0.15) is 5.48 Å². The number of hydrogen-bond donors (Lipinski definition) is 2. The van der Waals surface area contributed by atoms with E-state index in [-0.39, 0.29) is 22.7 Å². The molecule has 10 nitrogen and oxygen atoms in total. The van der Waals surface area contributed by atoms with Crippen LogP contribution in [0.5, 0.6) is 5.75 Å². The molecule has 0 aromatic carbocycles. The minimum absolute atomic E-state index is 0.105. The number of aromatic nitrogens is 3. The number of hydrogen-bond acceptors (Lipinski definition) is 9. The van der Waals surface area contributed by atoms with Crippen LogP contribution in [0.3, 0.4) is 0 Å². The quantitative estimate of drug-likeness (QED) is 0.578. The molecule has 1 aliphatic rings. The van der Waals surface area contributed by atoms with Crippen LogP contribution >= 0.6 is 11.3 Å². The van der Waals surface area contributed by atoms with Crippen LogP contribution in [0.15, 0.2) is 28.6 Å². The van der Waals surface area contributed by atoms with Gasteiger partial charge in [0, 0.05) is 36.9 Å². The number of aromatic carboxylic acids is 1. The predicted octanol–water partition coefficient (Wildman–Crippen LogP) is 0.889. The molecule has 2 N–H and O–H groups in total. The normalized spacial score (nSPS) is 14.3. The number of carboxylic acid groups (broad SMARTS) is 1. The van der Waals surface area contributed by atoms with E-state index < -0.39 is 11.4 Å². The first kappa shape index (κ1) is 18.3. The second-order valence-electron chi connectivity index (χ2n) is 6.17. The van der Waals surface area contributed by atoms with Crippen LogP contribution in [0.25, 0.3) is 16.2 Å². The number of nitrogens with one attached hydrogen (secondary N) is 1. The third kappa shape index (κ3) is 2.99. The average Bonchev–Trinajstić information content (AvgIpc) is 3.17. The molecule has 3 aromatic heterocycles. The van der Waals surface area contributed by atoms with E-state index >= 15 is 0 Å². The largest absolute Gasteiger partial charge is 0.496 e. The standard InChI is InChI=1S/C17H17N5O5S/c1-26-11-5-12(21-6-9(7-21)20-27-2)19-15-13(11)14(23)10(16(24)25)8-22(15)17-18-3-4-28-17/h3-5,8-9,20H,6-7H2,1-2H3,(H,24,25). The molecule has 0 atom stereocenters. The van der Waals surface area contributed by atoms with Crippen molar-refractivity contribution in [3.05, 3.63) is 39.6 Å². The summed E-state index contributed by atoms with van der Waals surface area (Å²) in [6, 6.07) is 1.81. The summed E-state index contributed by atoms with van der Waals surface area (Å²) in [5, 5.41) is 11.8. The Morgan fingerprint density at radius 3 is 2.79 bits per heavy atom. The fourth-order valence-electron chi connectivity index (χ4n) is 3.13. The van der Waals surface area contributed by atoms with Crippen molar-refractivity contribution in [2.45, 2.75) is 6.04 Å². The summed E-state index contributed by atoms with van der Waals surface area (Å²) < 4.78 is 6.93. The van der Waals surface area contributed by atoms with Crippen molar-refractivity contribution < 1.29 is 19.5 Å². The number of carbonyl (C=O) groups is 1. The first-order valence-corrected chi connectivity index (χ1v) is 9.22. The highest BCUT2D eigenvalue weighted by Gasteiger charge is 2.30. The summed E-state index contributed by atoms with van der Waals surface area (Å²) >= 11 is 1.31. The molecule has 0 saturated carbocycles. The number of anilines is 1. The van der Waals surface area contributed by atoms with Gasteiger partial charge in [0.1, 0.15) is 22.5 Å². The van der Waals surface area contributed by atoms with Crippen molar-refractivity contribution in [1.82, 2.24) is 20.0 Å². The first-order chi connectivity index (χ1) is 13.5. The Morgan fingerprint density at radius 2 is 2.18 bits per heavy atom. The van der Waals surface area contributed by atoms with Crippen LogP contribution in [0.1, 0.15) is 10.4 Å². The Balaban J connectivity index is 1.93. The van der Waals surface area contributed by atoms with E-state index in [1.807, 2.05) is 4.90 Å². The molecule has 0 aliphatic carbocycles. The minimum Gasteiger partial charge on any atom is -0.496 e. The first-order valence-electron chi connectivity index (χ1n) is 8.34. The van der Waals surface area contributed by atoms with Crippen LogP contribution in [-0.4, -0.2) is 59.0 Å². The lowest BCUT2D eigenvalue weighted by Gasteiger charge is -2.39. The Kier molecular flexibility index (Phi) is 4.71. The van der Waals surface area contributed by atoms with Crippen LogP contribution < -0.4 is 20.5 Å². The number of pyridine rings is 2. The van der Waals surface area contributed by atoms with E-state index in [1.165, 1.54) is 29.2 Å². The average molecular weight is 403 g/mol. The van der Waals surface area contributed by atoms with Gasteiger partial charge in [-0.05, 0) is 0 Å². The third-order valence-corrected chi connectivity index (χ3v) is 5.25. The van der Waals surface area contributed by atoms with Gasteiger partial charge in [0.15, 0.2) is 10.8 Å². The molecule has 0 unspecified atom stereocenters. The number of hydroxylamine groups is 1. The zero-order chi connectivity index (χ0) is 19.8. The molecule has 0 bridgehead atoms. The highest BCUT2D eigenvalue weighted by molar-refractivity contribution is 7.12. The molecular weight excluding hydrogens is 386 g/mol. The summed E-state index contributed by atoms with van der Waals surface area (Å²) in [5.41, 5.74) is 2.16. The lowest BCUT2D eigenvalue weighted by Crippen LogP contribution is -2.58. The molecule has 0 spiro atoms. The maximum atomic E-state index is 12.8. The number of nitrogens with zero attached hydrogens (tertiary/aromatic N) is 4. The van der Waals surface area contributed by atoms with Gasteiger partial charge in [0.25, 0.3) is 0 Å². The predicted molar refractivity (Wildman–Crippen MR) is 103 cm³/mol. The Bertz CT molecular complexity index is 1090. The molecule has 0 amide bonds. The summed E-state index contributed by atoms with van der Waals surface area (Å²) in [7, 11) is 3.00. The molecule has 4 rings (SSSR count). The van der Waals surface area contributed by atoms with Crippen molar-refractivity contribution in [3.63, 3.8) is 0 Å². The van der Waals surface area contributed by atoms with Crippen LogP contribution in [0.4, 0.5) is 5.82 Å². The van der Waals surface area contributed by atoms with E-state index in [0.29, 0.717) is 29.7 Å². The van der Waals surface area contributed by atoms with Gasteiger partial charge < -0.3 is 19.6 Å². The van der Waals surface area contributed by atoms with Crippen molar-refractivity contribution in [2.24, 2.45) is 0 Å². The van der Waals surface area contributed by atoms with Crippen LogP contribution in [0.2, 0.25) is 0 Å². The Hall–Kier alpha value is -3.02. The lowest BCUT2D eigenvalue weighted by molar-refractivity contribution is 0.0517. The molecule has 3 aromatic rings. The lowest BCUT2D eigenvalue weighted by atomic mass is 10.1. The second-order valence-corrected chi connectivity index (χ2v) is 7.04. The topological polar surface area (TPSA) is 119 Å². The number of methoxy groups -OCH3 is 1. The van der Waals surface area contributed by atoms with Gasteiger partial charge in [-0.15, -0.1) is 11.3 Å². The van der Waals surface area contributed by atoms with E-state index in [4.69, 9.17) is 9.57 Å². The Labute approximate surface area is 162 Å². The van der Waals surface area contributed by atoms with E-state index in [2.05, 4.69) is 15.4 Å². The van der Waals surface area contributed by atoms with Gasteiger partial charge in [-0.3, -0.25) is 9.36 Å². The van der Waals surface area contributed by atoms with Crippen LogP contribution in [-0.2, 0) is 4.84 Å². The molecular formula is C17H17N5O5S. The van der Waals surface area contributed by atoms with Gasteiger partial charge in [0.05, 0.1) is 20.3 Å². The van der Waals surface area contributed by atoms with E-state index in [9.17, 15) is 14.7 Å². The molecule has 4 heterocycles. The fraction of sp³-hybridized carbons (Fsp3) is 0.294. The molecule has 11 heteroatoms. The molecule has 146 valence electrons. The van der Waals surface area contributed by atoms with Crippen molar-refractivity contribution in [2.75, 3.05) is 32.2 Å². The molecule has 1 fully saturated rings. The molecule has 1 saturated heterocycles. The number of thiazole rings is 1. The number of fused-ring (bicyclic) bond motifs is 1. The van der Waals surface area contributed by atoms with Crippen molar-refractivity contribution in [3.8, 4) is 10.9 Å². The Morgan fingerprint density at radius 1 is 1.39 bits per heavy atom. The monoisotopic (exact) mass is 403 g/mol. The molecule has 28 heavy (non-hydrogen) atoms. The van der Waals surface area contributed by atoms with Crippen molar-refractivity contribution in [1.29, 1.82) is 0 Å². The number of ether oxygens (including phenoxy) is 1. The highest BCUT2D eigenvalue weighted by Crippen LogP contribution is 2.31. The minimum atomic E-state index is -1.32. The van der Waals surface area contributed by atoms with Gasteiger partial charge in [0.2, 0.25) is 5.43 Å². The van der Waals surface area contributed by atoms with E-state index in [1.54, 1.807) is 24.8 Å². The summed E-state index contributed by atoms with van der Waals surface area (Å²) in [4.78, 5) is 40.2. The van der Waals surface area contributed by atoms with Crippen molar-refractivity contribution >= 4 is 34.2 Å².